The van der Waals surface area contributed by atoms with E-state index in [4.69, 9.17) is 4.74 Å². The van der Waals surface area contributed by atoms with Crippen molar-refractivity contribution >= 4 is 11.2 Å². The molecule has 1 N–H and O–H groups in total. The Morgan fingerprint density at radius 3 is 2.75 bits per heavy atom. The van der Waals surface area contributed by atoms with Crippen molar-refractivity contribution in [2.45, 2.75) is 27.4 Å². The van der Waals surface area contributed by atoms with E-state index in [1.807, 2.05) is 25.1 Å². The monoisotopic (exact) mass is 267 g/mol. The summed E-state index contributed by atoms with van der Waals surface area (Å²) in [5.41, 5.74) is 5.25. The molecule has 0 aliphatic heterocycles. The Morgan fingerprint density at radius 2 is 1.95 bits per heavy atom. The third kappa shape index (κ3) is 2.25. The number of nitrogens with zero attached hydrogens (tertiary/aromatic N) is 2. The predicted molar refractivity (Wildman–Crippen MR) is 78.9 cm³/mol. The van der Waals surface area contributed by atoms with E-state index >= 15 is 0 Å². The van der Waals surface area contributed by atoms with Crippen molar-refractivity contribution in [3.63, 3.8) is 0 Å². The molecule has 2 heterocycles. The number of imidazole rings is 1. The van der Waals surface area contributed by atoms with Gasteiger partial charge in [-0.15, -0.1) is 0 Å². The first-order valence-corrected chi connectivity index (χ1v) is 6.64. The van der Waals surface area contributed by atoms with Gasteiger partial charge in [0.05, 0.1) is 5.52 Å². The van der Waals surface area contributed by atoms with Gasteiger partial charge in [-0.2, -0.15) is 0 Å². The number of ether oxygens (including phenoxy) is 1. The lowest BCUT2D eigenvalue weighted by Crippen LogP contribution is -1.99. The molecule has 0 radical (unpaired) electrons. The molecule has 0 amide bonds. The maximum absolute atomic E-state index is 5.85. The van der Waals surface area contributed by atoms with Crippen LogP contribution in [0.2, 0.25) is 0 Å². The van der Waals surface area contributed by atoms with Crippen LogP contribution in [-0.4, -0.2) is 15.0 Å². The Bertz CT molecular complexity index is 762. The van der Waals surface area contributed by atoms with E-state index < -0.39 is 0 Å². The molecule has 0 saturated carbocycles. The van der Waals surface area contributed by atoms with Crippen LogP contribution in [-0.2, 0) is 6.61 Å². The standard InChI is InChI=1S/C16H17N3O/c1-10-5-4-6-13(12(10)3)20-9-14-18-15-11(2)7-8-17-16(15)19-14/h4-8H,9H2,1-3H3,(H,17,18,19). The first kappa shape index (κ1) is 12.7. The smallest absolute Gasteiger partial charge is 0.178 e. The van der Waals surface area contributed by atoms with E-state index in [0.29, 0.717) is 6.61 Å². The summed E-state index contributed by atoms with van der Waals surface area (Å²) in [6.07, 6.45) is 1.77. The molecule has 0 spiro atoms. The normalized spacial score (nSPS) is 10.9. The van der Waals surface area contributed by atoms with Gasteiger partial charge in [-0.1, -0.05) is 12.1 Å². The molecule has 0 aliphatic rings. The Labute approximate surface area is 117 Å². The first-order chi connectivity index (χ1) is 9.65. The summed E-state index contributed by atoms with van der Waals surface area (Å²) in [4.78, 5) is 12.0. The van der Waals surface area contributed by atoms with Gasteiger partial charge in [0.1, 0.15) is 18.2 Å². The fourth-order valence-corrected chi connectivity index (χ4v) is 2.18. The number of hydrogen-bond acceptors (Lipinski definition) is 3. The Morgan fingerprint density at radius 1 is 1.10 bits per heavy atom. The second-order valence-corrected chi connectivity index (χ2v) is 5.00. The number of benzene rings is 1. The molecule has 4 heteroatoms. The summed E-state index contributed by atoms with van der Waals surface area (Å²) in [5.74, 6) is 1.69. The summed E-state index contributed by atoms with van der Waals surface area (Å²) in [7, 11) is 0. The molecule has 3 rings (SSSR count). The molecule has 2 aromatic heterocycles. The van der Waals surface area contributed by atoms with E-state index in [9.17, 15) is 0 Å². The number of nitrogens with one attached hydrogen (secondary N) is 1. The highest BCUT2D eigenvalue weighted by molar-refractivity contribution is 5.74. The number of H-pyrrole nitrogens is 1. The zero-order valence-electron chi connectivity index (χ0n) is 11.9. The molecule has 20 heavy (non-hydrogen) atoms. The van der Waals surface area contributed by atoms with Crippen molar-refractivity contribution in [2.24, 2.45) is 0 Å². The summed E-state index contributed by atoms with van der Waals surface area (Å²) in [6, 6.07) is 8.03. The Kier molecular flexibility index (Phi) is 3.14. The van der Waals surface area contributed by atoms with Gasteiger partial charge in [-0.3, -0.25) is 0 Å². The van der Waals surface area contributed by atoms with Crippen LogP contribution >= 0.6 is 0 Å². The first-order valence-electron chi connectivity index (χ1n) is 6.64. The minimum Gasteiger partial charge on any atom is -0.485 e. The fourth-order valence-electron chi connectivity index (χ4n) is 2.18. The largest absolute Gasteiger partial charge is 0.485 e. The quantitative estimate of drug-likeness (QED) is 0.790. The molecular weight excluding hydrogens is 250 g/mol. The highest BCUT2D eigenvalue weighted by Gasteiger charge is 2.07. The van der Waals surface area contributed by atoms with E-state index in [-0.39, 0.29) is 0 Å². The molecule has 4 nitrogen and oxygen atoms in total. The molecule has 0 fully saturated rings. The average molecular weight is 267 g/mol. The molecule has 1 aromatic carbocycles. The third-order valence-corrected chi connectivity index (χ3v) is 3.57. The molecule has 0 bridgehead atoms. The van der Waals surface area contributed by atoms with Crippen molar-refractivity contribution in [1.82, 2.24) is 15.0 Å². The summed E-state index contributed by atoms with van der Waals surface area (Å²) >= 11 is 0. The van der Waals surface area contributed by atoms with E-state index in [2.05, 4.69) is 34.9 Å². The fraction of sp³-hybridized carbons (Fsp3) is 0.250. The number of hydrogen-bond donors (Lipinski definition) is 1. The highest BCUT2D eigenvalue weighted by Crippen LogP contribution is 2.22. The summed E-state index contributed by atoms with van der Waals surface area (Å²) in [5, 5.41) is 0. The number of aromatic nitrogens is 3. The van der Waals surface area contributed by atoms with E-state index in [1.54, 1.807) is 6.20 Å². The van der Waals surface area contributed by atoms with Crippen LogP contribution in [0.15, 0.2) is 30.5 Å². The van der Waals surface area contributed by atoms with Crippen LogP contribution in [0.5, 0.6) is 5.75 Å². The molecule has 0 atom stereocenters. The molecule has 0 saturated heterocycles. The van der Waals surface area contributed by atoms with Crippen LogP contribution in [0.3, 0.4) is 0 Å². The van der Waals surface area contributed by atoms with Crippen molar-refractivity contribution < 1.29 is 4.74 Å². The minimum atomic E-state index is 0.417. The van der Waals surface area contributed by atoms with Crippen molar-refractivity contribution in [3.05, 3.63) is 53.0 Å². The number of fused-ring (bicyclic) bond motifs is 1. The topological polar surface area (TPSA) is 50.8 Å². The molecular formula is C16H17N3O. The number of pyridine rings is 1. The van der Waals surface area contributed by atoms with Crippen LogP contribution < -0.4 is 4.74 Å². The maximum Gasteiger partial charge on any atom is 0.178 e. The minimum absolute atomic E-state index is 0.417. The van der Waals surface area contributed by atoms with Crippen LogP contribution in [0.1, 0.15) is 22.5 Å². The Hall–Kier alpha value is -2.36. The van der Waals surface area contributed by atoms with Gasteiger partial charge in [0, 0.05) is 6.20 Å². The second-order valence-electron chi connectivity index (χ2n) is 5.00. The van der Waals surface area contributed by atoms with Crippen molar-refractivity contribution in [1.29, 1.82) is 0 Å². The molecule has 0 aliphatic carbocycles. The van der Waals surface area contributed by atoms with Gasteiger partial charge in [-0.05, 0) is 49.6 Å². The lowest BCUT2D eigenvalue weighted by atomic mass is 10.1. The van der Waals surface area contributed by atoms with E-state index in [0.717, 1.165) is 33.9 Å². The SMILES string of the molecule is Cc1cccc(OCc2nc3nccc(C)c3[nH]2)c1C. The van der Waals surface area contributed by atoms with Crippen LogP contribution in [0.4, 0.5) is 0 Å². The maximum atomic E-state index is 5.85. The number of rotatable bonds is 3. The van der Waals surface area contributed by atoms with Crippen molar-refractivity contribution in [2.75, 3.05) is 0 Å². The van der Waals surface area contributed by atoms with Gasteiger partial charge in [0.2, 0.25) is 0 Å². The molecule has 3 aromatic rings. The number of aryl methyl sites for hydroxylation is 2. The van der Waals surface area contributed by atoms with Crippen molar-refractivity contribution in [3.8, 4) is 5.75 Å². The lowest BCUT2D eigenvalue weighted by Gasteiger charge is -2.09. The zero-order chi connectivity index (χ0) is 14.1. The van der Waals surface area contributed by atoms with Gasteiger partial charge in [0.15, 0.2) is 5.65 Å². The highest BCUT2D eigenvalue weighted by atomic mass is 16.5. The summed E-state index contributed by atoms with van der Waals surface area (Å²) < 4.78 is 5.85. The molecule has 0 unspecified atom stereocenters. The van der Waals surface area contributed by atoms with Gasteiger partial charge < -0.3 is 9.72 Å². The number of aromatic amines is 1. The van der Waals surface area contributed by atoms with Gasteiger partial charge >= 0.3 is 0 Å². The lowest BCUT2D eigenvalue weighted by molar-refractivity contribution is 0.295. The van der Waals surface area contributed by atoms with Gasteiger partial charge in [-0.25, -0.2) is 9.97 Å². The predicted octanol–water partition coefficient (Wildman–Crippen LogP) is 3.46. The van der Waals surface area contributed by atoms with Crippen LogP contribution in [0, 0.1) is 20.8 Å². The third-order valence-electron chi connectivity index (χ3n) is 3.57. The summed E-state index contributed by atoms with van der Waals surface area (Å²) in [6.45, 7) is 6.60. The van der Waals surface area contributed by atoms with Gasteiger partial charge in [0.25, 0.3) is 0 Å². The Balaban J connectivity index is 1.83. The van der Waals surface area contributed by atoms with Crippen LogP contribution in [0.25, 0.3) is 11.2 Å². The molecule has 102 valence electrons. The van der Waals surface area contributed by atoms with E-state index in [1.165, 1.54) is 5.56 Å². The second kappa shape index (κ2) is 4.96. The zero-order valence-corrected chi connectivity index (χ0v) is 11.9. The average Bonchev–Trinajstić information content (AvgIpc) is 2.85.